The number of nitrogens with one attached hydrogen (secondary N) is 1. The lowest BCUT2D eigenvalue weighted by Gasteiger charge is -2.31. The number of hydrogen-bond acceptors (Lipinski definition) is 6. The van der Waals surface area contributed by atoms with Crippen LogP contribution in [0.5, 0.6) is 11.5 Å². The molecule has 1 N–H and O–H groups in total. The maximum atomic E-state index is 13.2. The molecule has 1 aromatic carbocycles. The van der Waals surface area contributed by atoms with E-state index >= 15 is 0 Å². The summed E-state index contributed by atoms with van der Waals surface area (Å²) in [5, 5.41) is 3.01. The van der Waals surface area contributed by atoms with Gasteiger partial charge in [-0.3, -0.25) is 9.20 Å². The molecule has 0 atom stereocenters. The fourth-order valence-electron chi connectivity index (χ4n) is 3.81. The lowest BCUT2D eigenvalue weighted by atomic mass is 10.2. The topological polar surface area (TPSA) is 77.3 Å². The Morgan fingerprint density at radius 2 is 1.87 bits per heavy atom. The number of carbonyl (C=O) groups is 1. The van der Waals surface area contributed by atoms with E-state index in [9.17, 15) is 4.79 Å². The van der Waals surface area contributed by atoms with Crippen molar-refractivity contribution < 1.29 is 19.0 Å². The second-order valence-electron chi connectivity index (χ2n) is 7.21. The van der Waals surface area contributed by atoms with E-state index in [4.69, 9.17) is 14.2 Å². The molecule has 8 nitrogen and oxygen atoms in total. The first-order chi connectivity index (χ1) is 15.1. The van der Waals surface area contributed by atoms with Gasteiger partial charge in [0.25, 0.3) is 5.91 Å². The van der Waals surface area contributed by atoms with Gasteiger partial charge in [-0.05, 0) is 32.9 Å². The van der Waals surface area contributed by atoms with Crippen molar-refractivity contribution in [2.45, 2.75) is 20.8 Å². The third-order valence-corrected chi connectivity index (χ3v) is 5.18. The molecule has 1 saturated heterocycles. The molecule has 0 radical (unpaired) electrons. The van der Waals surface area contributed by atoms with E-state index in [-0.39, 0.29) is 5.91 Å². The van der Waals surface area contributed by atoms with E-state index in [1.807, 2.05) is 57.3 Å². The van der Waals surface area contributed by atoms with Crippen LogP contribution in [0.3, 0.4) is 0 Å². The minimum Gasteiger partial charge on any atom is -0.492 e. The Bertz CT molecular complexity index is 1070. The molecular formula is C23H28N4O4. The van der Waals surface area contributed by atoms with Gasteiger partial charge in [-0.25, -0.2) is 4.98 Å². The monoisotopic (exact) mass is 424 g/mol. The summed E-state index contributed by atoms with van der Waals surface area (Å²) in [7, 11) is 0. The van der Waals surface area contributed by atoms with Gasteiger partial charge in [0.1, 0.15) is 22.8 Å². The average molecular weight is 425 g/mol. The molecule has 31 heavy (non-hydrogen) atoms. The number of amides is 1. The third-order valence-electron chi connectivity index (χ3n) is 5.18. The van der Waals surface area contributed by atoms with E-state index in [2.05, 4.69) is 15.2 Å². The smallest absolute Gasteiger partial charge is 0.274 e. The Hall–Kier alpha value is -3.26. The number of fused-ring (bicyclic) bond motifs is 1. The van der Waals surface area contributed by atoms with Crippen LogP contribution in [0.4, 0.5) is 11.4 Å². The first-order valence-electron chi connectivity index (χ1n) is 10.6. The molecule has 3 aromatic rings. The van der Waals surface area contributed by atoms with E-state index in [1.54, 1.807) is 4.40 Å². The lowest BCUT2D eigenvalue weighted by Crippen LogP contribution is -2.36. The van der Waals surface area contributed by atoms with E-state index < -0.39 is 0 Å². The molecule has 8 heteroatoms. The minimum atomic E-state index is -0.251. The molecule has 1 fully saturated rings. The maximum Gasteiger partial charge on any atom is 0.274 e. The first kappa shape index (κ1) is 21.0. The van der Waals surface area contributed by atoms with E-state index in [1.165, 1.54) is 0 Å². The molecule has 0 aliphatic carbocycles. The fourth-order valence-corrected chi connectivity index (χ4v) is 3.81. The number of morpholine rings is 1. The van der Waals surface area contributed by atoms with Gasteiger partial charge in [-0.2, -0.15) is 0 Å². The molecule has 4 rings (SSSR count). The summed E-state index contributed by atoms with van der Waals surface area (Å²) >= 11 is 0. The van der Waals surface area contributed by atoms with Crippen molar-refractivity contribution in [1.29, 1.82) is 0 Å². The van der Waals surface area contributed by atoms with Gasteiger partial charge in [-0.1, -0.05) is 6.07 Å². The van der Waals surface area contributed by atoms with Crippen LogP contribution in [0.25, 0.3) is 5.65 Å². The number of anilines is 2. The van der Waals surface area contributed by atoms with Crippen LogP contribution in [0, 0.1) is 6.92 Å². The number of carbonyl (C=O) groups excluding carboxylic acids is 1. The van der Waals surface area contributed by atoms with E-state index in [0.29, 0.717) is 55.0 Å². The van der Waals surface area contributed by atoms with Crippen LogP contribution >= 0.6 is 0 Å². The van der Waals surface area contributed by atoms with Crippen LogP contribution in [-0.4, -0.2) is 54.8 Å². The molecule has 164 valence electrons. The summed E-state index contributed by atoms with van der Waals surface area (Å²) in [6, 6.07) is 9.43. The fraction of sp³-hybridized carbons (Fsp3) is 0.391. The minimum absolute atomic E-state index is 0.251. The number of hydrogen-bond donors (Lipinski definition) is 1. The highest BCUT2D eigenvalue weighted by molar-refractivity contribution is 6.05. The summed E-state index contributed by atoms with van der Waals surface area (Å²) in [5.74, 6) is 1.06. The normalized spacial score (nSPS) is 14.0. The highest BCUT2D eigenvalue weighted by Gasteiger charge is 2.22. The molecule has 1 aliphatic rings. The lowest BCUT2D eigenvalue weighted by molar-refractivity contribution is 0.102. The number of rotatable bonds is 7. The first-order valence-corrected chi connectivity index (χ1v) is 10.6. The van der Waals surface area contributed by atoms with Gasteiger partial charge in [0.15, 0.2) is 0 Å². The van der Waals surface area contributed by atoms with Crippen LogP contribution in [0.15, 0.2) is 36.5 Å². The van der Waals surface area contributed by atoms with E-state index in [0.717, 1.165) is 24.4 Å². The van der Waals surface area contributed by atoms with Crippen LogP contribution < -0.4 is 19.7 Å². The van der Waals surface area contributed by atoms with Crippen LogP contribution in [0.1, 0.15) is 30.0 Å². The molecule has 1 aliphatic heterocycles. The number of aromatic nitrogens is 2. The predicted octanol–water partition coefficient (Wildman–Crippen LogP) is 3.53. The van der Waals surface area contributed by atoms with Crippen molar-refractivity contribution in [2.75, 3.05) is 49.7 Å². The molecule has 0 unspecified atom stereocenters. The second-order valence-corrected chi connectivity index (χ2v) is 7.21. The molecule has 3 heterocycles. The van der Waals surface area contributed by atoms with Crippen molar-refractivity contribution in [2.24, 2.45) is 0 Å². The molecule has 0 spiro atoms. The molecule has 1 amide bonds. The Morgan fingerprint density at radius 1 is 1.13 bits per heavy atom. The van der Waals surface area contributed by atoms with Gasteiger partial charge in [0, 0.05) is 31.4 Å². The SMILES string of the molecule is CCOc1cc(N2CCOCC2)c(OCC)cc1NC(=O)c1c(C)nc2ccccn12. The molecule has 0 saturated carbocycles. The van der Waals surface area contributed by atoms with Gasteiger partial charge in [0.05, 0.1) is 43.5 Å². The van der Waals surface area contributed by atoms with Crippen molar-refractivity contribution in [3.8, 4) is 11.5 Å². The maximum absolute atomic E-state index is 13.2. The number of ether oxygens (including phenoxy) is 3. The highest BCUT2D eigenvalue weighted by Crippen LogP contribution is 2.39. The summed E-state index contributed by atoms with van der Waals surface area (Å²) in [6.45, 7) is 9.59. The number of nitrogens with zero attached hydrogens (tertiary/aromatic N) is 3. The van der Waals surface area contributed by atoms with Crippen molar-refractivity contribution in [3.63, 3.8) is 0 Å². The zero-order valence-electron chi connectivity index (χ0n) is 18.2. The highest BCUT2D eigenvalue weighted by atomic mass is 16.5. The predicted molar refractivity (Wildman–Crippen MR) is 120 cm³/mol. The van der Waals surface area contributed by atoms with Gasteiger partial charge in [0.2, 0.25) is 0 Å². The summed E-state index contributed by atoms with van der Waals surface area (Å²) < 4.78 is 19.1. The number of imidazole rings is 1. The zero-order chi connectivity index (χ0) is 21.8. The van der Waals surface area contributed by atoms with Gasteiger partial charge in [-0.15, -0.1) is 0 Å². The summed E-state index contributed by atoms with van der Waals surface area (Å²) in [4.78, 5) is 19.9. The van der Waals surface area contributed by atoms with Crippen LogP contribution in [-0.2, 0) is 4.74 Å². The summed E-state index contributed by atoms with van der Waals surface area (Å²) in [5.41, 5.74) is 3.40. The Morgan fingerprint density at radius 3 is 2.61 bits per heavy atom. The van der Waals surface area contributed by atoms with Gasteiger partial charge < -0.3 is 24.4 Å². The van der Waals surface area contributed by atoms with Crippen molar-refractivity contribution in [1.82, 2.24) is 9.38 Å². The Labute approximate surface area is 181 Å². The summed E-state index contributed by atoms with van der Waals surface area (Å²) in [6.07, 6.45) is 1.83. The number of benzene rings is 1. The molecule has 2 aromatic heterocycles. The second kappa shape index (κ2) is 9.26. The third kappa shape index (κ3) is 4.29. The number of aryl methyl sites for hydroxylation is 1. The van der Waals surface area contributed by atoms with Crippen molar-refractivity contribution in [3.05, 3.63) is 47.9 Å². The van der Waals surface area contributed by atoms with Crippen molar-refractivity contribution >= 4 is 22.9 Å². The van der Waals surface area contributed by atoms with Gasteiger partial charge >= 0.3 is 0 Å². The van der Waals surface area contributed by atoms with Crippen LogP contribution in [0.2, 0.25) is 0 Å². The quantitative estimate of drug-likeness (QED) is 0.625. The Balaban J connectivity index is 1.71. The molecular weight excluding hydrogens is 396 g/mol. The standard InChI is InChI=1S/C23H28N4O4/c1-4-30-19-15-18(26-10-12-29-13-11-26)20(31-5-2)14-17(19)25-23(28)22-16(3)24-21-8-6-7-9-27(21)22/h6-9,14-15H,4-5,10-13H2,1-3H3,(H,25,28). The zero-order valence-corrected chi connectivity index (χ0v) is 18.2. The molecule has 0 bridgehead atoms. The number of pyridine rings is 1. The Kier molecular flexibility index (Phi) is 6.27. The largest absolute Gasteiger partial charge is 0.492 e. The average Bonchev–Trinajstić information content (AvgIpc) is 3.12.